The number of fused-ring (bicyclic) bond motifs is 1. The zero-order valence-electron chi connectivity index (χ0n) is 11.7. The SMILES string of the molecule is COc1ccc(CNCc2c(Cl)oc3ccccc23)cc1. The maximum Gasteiger partial charge on any atom is 0.199 e. The maximum absolute atomic E-state index is 6.17. The second kappa shape index (κ2) is 6.20. The first-order valence-electron chi connectivity index (χ1n) is 6.77. The summed E-state index contributed by atoms with van der Waals surface area (Å²) in [6, 6.07) is 15.9. The highest BCUT2D eigenvalue weighted by molar-refractivity contribution is 6.30. The Bertz CT molecular complexity index is 734. The lowest BCUT2D eigenvalue weighted by atomic mass is 10.1. The van der Waals surface area contributed by atoms with Crippen molar-refractivity contribution < 1.29 is 9.15 Å². The summed E-state index contributed by atoms with van der Waals surface area (Å²) in [5.41, 5.74) is 3.02. The van der Waals surface area contributed by atoms with E-state index in [-0.39, 0.29) is 0 Å². The second-order valence-corrected chi connectivity index (χ2v) is 5.15. The average molecular weight is 302 g/mol. The molecule has 0 saturated heterocycles. The number of halogens is 1. The van der Waals surface area contributed by atoms with E-state index in [1.54, 1.807) is 7.11 Å². The van der Waals surface area contributed by atoms with Crippen molar-refractivity contribution in [3.8, 4) is 5.75 Å². The topological polar surface area (TPSA) is 34.4 Å². The predicted octanol–water partition coefficient (Wildman–Crippen LogP) is 4.38. The fourth-order valence-corrected chi connectivity index (χ4v) is 2.56. The van der Waals surface area contributed by atoms with Crippen LogP contribution in [0.25, 0.3) is 11.0 Å². The number of methoxy groups -OCH3 is 1. The number of para-hydroxylation sites is 1. The van der Waals surface area contributed by atoms with Crippen molar-refractivity contribution in [1.29, 1.82) is 0 Å². The molecule has 0 aliphatic heterocycles. The highest BCUT2D eigenvalue weighted by atomic mass is 35.5. The highest BCUT2D eigenvalue weighted by Crippen LogP contribution is 2.29. The molecule has 0 radical (unpaired) electrons. The fraction of sp³-hybridized carbons (Fsp3) is 0.176. The Morgan fingerprint density at radius 3 is 2.57 bits per heavy atom. The number of furan rings is 1. The lowest BCUT2D eigenvalue weighted by Gasteiger charge is -2.05. The largest absolute Gasteiger partial charge is 0.497 e. The Morgan fingerprint density at radius 2 is 1.81 bits per heavy atom. The quantitative estimate of drug-likeness (QED) is 0.759. The van der Waals surface area contributed by atoms with Gasteiger partial charge >= 0.3 is 0 Å². The van der Waals surface area contributed by atoms with Gasteiger partial charge in [-0.3, -0.25) is 0 Å². The number of rotatable bonds is 5. The third-order valence-electron chi connectivity index (χ3n) is 3.44. The smallest absolute Gasteiger partial charge is 0.199 e. The van der Waals surface area contributed by atoms with Crippen LogP contribution in [0.1, 0.15) is 11.1 Å². The molecule has 0 atom stereocenters. The average Bonchev–Trinajstić information content (AvgIpc) is 2.84. The molecule has 0 aliphatic rings. The molecule has 0 aliphatic carbocycles. The second-order valence-electron chi connectivity index (χ2n) is 4.80. The van der Waals surface area contributed by atoms with Gasteiger partial charge in [0.05, 0.1) is 7.11 Å². The minimum Gasteiger partial charge on any atom is -0.497 e. The minimum atomic E-state index is 0.457. The fourth-order valence-electron chi connectivity index (χ4n) is 2.31. The van der Waals surface area contributed by atoms with Crippen LogP contribution >= 0.6 is 11.6 Å². The van der Waals surface area contributed by atoms with Crippen LogP contribution < -0.4 is 10.1 Å². The Morgan fingerprint density at radius 1 is 1.05 bits per heavy atom. The molecule has 0 fully saturated rings. The molecule has 0 amide bonds. The molecular formula is C17H16ClNO2. The van der Waals surface area contributed by atoms with E-state index in [9.17, 15) is 0 Å². The molecule has 0 saturated carbocycles. The van der Waals surface area contributed by atoms with Crippen LogP contribution in [0.2, 0.25) is 5.22 Å². The standard InChI is InChI=1S/C17H16ClNO2/c1-20-13-8-6-12(7-9-13)10-19-11-15-14-4-2-3-5-16(14)21-17(15)18/h2-9,19H,10-11H2,1H3. The number of benzene rings is 2. The van der Waals surface area contributed by atoms with E-state index in [1.165, 1.54) is 5.56 Å². The van der Waals surface area contributed by atoms with Gasteiger partial charge < -0.3 is 14.5 Å². The summed E-state index contributed by atoms with van der Waals surface area (Å²) in [6.07, 6.45) is 0. The van der Waals surface area contributed by atoms with Crippen LogP contribution in [0.4, 0.5) is 0 Å². The summed E-state index contributed by atoms with van der Waals surface area (Å²) in [4.78, 5) is 0. The van der Waals surface area contributed by atoms with E-state index < -0.39 is 0 Å². The molecule has 0 bridgehead atoms. The van der Waals surface area contributed by atoms with Crippen molar-refractivity contribution in [2.45, 2.75) is 13.1 Å². The summed E-state index contributed by atoms with van der Waals surface area (Å²) in [5.74, 6) is 0.864. The number of nitrogens with one attached hydrogen (secondary N) is 1. The maximum atomic E-state index is 6.17. The van der Waals surface area contributed by atoms with Gasteiger partial charge in [-0.25, -0.2) is 0 Å². The molecule has 1 aromatic heterocycles. The third kappa shape index (κ3) is 3.04. The van der Waals surface area contributed by atoms with Gasteiger partial charge in [-0.05, 0) is 35.4 Å². The molecule has 1 heterocycles. The monoisotopic (exact) mass is 301 g/mol. The van der Waals surface area contributed by atoms with Gasteiger partial charge in [-0.2, -0.15) is 0 Å². The Kier molecular flexibility index (Phi) is 4.13. The molecule has 4 heteroatoms. The molecule has 3 nitrogen and oxygen atoms in total. The van der Waals surface area contributed by atoms with E-state index in [0.29, 0.717) is 11.8 Å². The van der Waals surface area contributed by atoms with Gasteiger partial charge in [0.2, 0.25) is 0 Å². The minimum absolute atomic E-state index is 0.457. The van der Waals surface area contributed by atoms with Crippen molar-refractivity contribution in [2.24, 2.45) is 0 Å². The van der Waals surface area contributed by atoms with E-state index in [4.69, 9.17) is 20.8 Å². The first-order chi connectivity index (χ1) is 10.3. The summed E-state index contributed by atoms with van der Waals surface area (Å²) in [7, 11) is 1.67. The van der Waals surface area contributed by atoms with E-state index >= 15 is 0 Å². The van der Waals surface area contributed by atoms with Gasteiger partial charge in [0.15, 0.2) is 5.22 Å². The molecule has 3 rings (SSSR count). The summed E-state index contributed by atoms with van der Waals surface area (Å²) in [6.45, 7) is 1.43. The van der Waals surface area contributed by atoms with Crippen molar-refractivity contribution in [2.75, 3.05) is 7.11 Å². The Hall–Kier alpha value is -1.97. The van der Waals surface area contributed by atoms with Crippen LogP contribution in [0.3, 0.4) is 0 Å². The van der Waals surface area contributed by atoms with Crippen molar-refractivity contribution in [3.05, 3.63) is 64.9 Å². The molecule has 2 aromatic carbocycles. The summed E-state index contributed by atoms with van der Waals surface area (Å²) < 4.78 is 10.7. The molecular weight excluding hydrogens is 286 g/mol. The van der Waals surface area contributed by atoms with Crippen LogP contribution in [-0.2, 0) is 13.1 Å². The first kappa shape index (κ1) is 14.0. The summed E-state index contributed by atoms with van der Waals surface area (Å²) in [5, 5.41) is 4.91. The van der Waals surface area contributed by atoms with Crippen molar-refractivity contribution in [1.82, 2.24) is 5.32 Å². The molecule has 3 aromatic rings. The van der Waals surface area contributed by atoms with Crippen molar-refractivity contribution in [3.63, 3.8) is 0 Å². The van der Waals surface area contributed by atoms with Gasteiger partial charge in [-0.15, -0.1) is 0 Å². The van der Waals surface area contributed by atoms with Crippen molar-refractivity contribution >= 4 is 22.6 Å². The van der Waals surface area contributed by atoms with E-state index in [2.05, 4.69) is 5.32 Å². The Labute approximate surface area is 128 Å². The van der Waals surface area contributed by atoms with Crippen LogP contribution in [0, 0.1) is 0 Å². The molecule has 108 valence electrons. The molecule has 0 unspecified atom stereocenters. The van der Waals surface area contributed by atoms with Gasteiger partial charge in [0, 0.05) is 24.0 Å². The van der Waals surface area contributed by atoms with Gasteiger partial charge in [0.1, 0.15) is 11.3 Å². The zero-order chi connectivity index (χ0) is 14.7. The lowest BCUT2D eigenvalue weighted by molar-refractivity contribution is 0.414. The highest BCUT2D eigenvalue weighted by Gasteiger charge is 2.11. The predicted molar refractivity (Wildman–Crippen MR) is 84.8 cm³/mol. The number of ether oxygens (including phenoxy) is 1. The van der Waals surface area contributed by atoms with Gasteiger partial charge in [0.25, 0.3) is 0 Å². The zero-order valence-corrected chi connectivity index (χ0v) is 12.5. The number of hydrogen-bond acceptors (Lipinski definition) is 3. The molecule has 21 heavy (non-hydrogen) atoms. The van der Waals surface area contributed by atoms with Crippen LogP contribution in [0.15, 0.2) is 52.9 Å². The van der Waals surface area contributed by atoms with E-state index in [0.717, 1.165) is 28.8 Å². The molecule has 0 spiro atoms. The van der Waals surface area contributed by atoms with Crippen LogP contribution in [0.5, 0.6) is 5.75 Å². The lowest BCUT2D eigenvalue weighted by Crippen LogP contribution is -2.12. The normalized spacial score (nSPS) is 11.0. The third-order valence-corrected chi connectivity index (χ3v) is 3.74. The first-order valence-corrected chi connectivity index (χ1v) is 7.15. The van der Waals surface area contributed by atoms with Crippen LogP contribution in [-0.4, -0.2) is 7.11 Å². The van der Waals surface area contributed by atoms with Gasteiger partial charge in [-0.1, -0.05) is 30.3 Å². The molecule has 1 N–H and O–H groups in total. The Balaban J connectivity index is 1.67. The summed E-state index contributed by atoms with van der Waals surface area (Å²) >= 11 is 6.17. The van der Waals surface area contributed by atoms with E-state index in [1.807, 2.05) is 48.5 Å². The number of hydrogen-bond donors (Lipinski definition) is 1.